The maximum Gasteiger partial charge on any atom is 0.145 e. The molecule has 1 aromatic heterocycles. The molecule has 0 bridgehead atoms. The van der Waals surface area contributed by atoms with E-state index >= 15 is 0 Å². The van der Waals surface area contributed by atoms with Crippen molar-refractivity contribution in [3.8, 4) is 11.4 Å². The lowest BCUT2D eigenvalue weighted by molar-refractivity contribution is 0.339. The van der Waals surface area contributed by atoms with E-state index in [1.165, 1.54) is 0 Å². The van der Waals surface area contributed by atoms with Gasteiger partial charge in [0.2, 0.25) is 0 Å². The molecule has 0 spiro atoms. The Labute approximate surface area is 217 Å². The van der Waals surface area contributed by atoms with Crippen molar-refractivity contribution in [1.82, 2.24) is 20.2 Å². The SMILES string of the molecule is C=C(/N=C\c1nc(-c2c(Cl)cccc2Cl)n(CCC2CCNCC2)c1N)NC(C)c1ccccc1. The molecule has 8 heteroatoms. The predicted octanol–water partition coefficient (Wildman–Crippen LogP) is 6.07. The van der Waals surface area contributed by atoms with Crippen LogP contribution in [0, 0.1) is 5.92 Å². The number of nitrogens with one attached hydrogen (secondary N) is 2. The monoisotopic (exact) mass is 510 g/mol. The van der Waals surface area contributed by atoms with Crippen LogP contribution in [0.3, 0.4) is 0 Å². The number of aromatic nitrogens is 2. The molecule has 2 heterocycles. The molecule has 4 rings (SSSR count). The predicted molar refractivity (Wildman–Crippen MR) is 147 cm³/mol. The van der Waals surface area contributed by atoms with Gasteiger partial charge in [-0.15, -0.1) is 0 Å². The van der Waals surface area contributed by atoms with Crippen LogP contribution in [0.1, 0.15) is 43.5 Å². The standard InChI is InChI=1S/C27H32Cl2N6/c1-18(21-7-4-3-5-8-21)33-19(2)32-17-24-26(30)35(16-13-20-11-14-31-15-12-20)27(34-24)25-22(28)9-6-10-23(25)29/h3-10,17-18,20,31,33H,2,11-16,30H2,1H3/b32-17-. The summed E-state index contributed by atoms with van der Waals surface area (Å²) in [5.74, 6) is 2.37. The van der Waals surface area contributed by atoms with Gasteiger partial charge >= 0.3 is 0 Å². The molecule has 35 heavy (non-hydrogen) atoms. The summed E-state index contributed by atoms with van der Waals surface area (Å²) in [5.41, 5.74) is 9.00. The molecular formula is C27H32Cl2N6. The van der Waals surface area contributed by atoms with Crippen molar-refractivity contribution in [3.63, 3.8) is 0 Å². The zero-order valence-electron chi connectivity index (χ0n) is 20.0. The van der Waals surface area contributed by atoms with E-state index in [1.807, 2.05) is 41.0 Å². The molecule has 0 amide bonds. The van der Waals surface area contributed by atoms with Crippen LogP contribution in [-0.2, 0) is 6.54 Å². The second-order valence-electron chi connectivity index (χ2n) is 8.92. The lowest BCUT2D eigenvalue weighted by atomic mass is 9.94. The molecule has 0 aliphatic carbocycles. The molecule has 1 saturated heterocycles. The third-order valence-corrected chi connectivity index (χ3v) is 7.10. The van der Waals surface area contributed by atoms with Gasteiger partial charge in [0.1, 0.15) is 23.2 Å². The van der Waals surface area contributed by atoms with Gasteiger partial charge in [-0.3, -0.25) is 0 Å². The topological polar surface area (TPSA) is 80.3 Å². The van der Waals surface area contributed by atoms with Crippen LogP contribution < -0.4 is 16.4 Å². The minimum absolute atomic E-state index is 0.0678. The second kappa shape index (κ2) is 11.8. The van der Waals surface area contributed by atoms with Gasteiger partial charge in [0.25, 0.3) is 0 Å². The maximum absolute atomic E-state index is 6.60. The number of benzene rings is 2. The Hall–Kier alpha value is -2.80. The van der Waals surface area contributed by atoms with Crippen LogP contribution in [0.5, 0.6) is 0 Å². The van der Waals surface area contributed by atoms with E-state index in [2.05, 4.69) is 41.3 Å². The fraction of sp³-hybridized carbons (Fsp3) is 0.333. The molecule has 1 atom stereocenters. The number of imidazole rings is 1. The fourth-order valence-corrected chi connectivity index (χ4v) is 5.01. The summed E-state index contributed by atoms with van der Waals surface area (Å²) in [6, 6.07) is 15.7. The number of nitrogens with two attached hydrogens (primary N) is 1. The Bertz CT molecular complexity index is 1160. The molecule has 2 aromatic carbocycles. The van der Waals surface area contributed by atoms with Crippen molar-refractivity contribution in [3.05, 3.63) is 82.2 Å². The molecule has 1 aliphatic rings. The normalized spacial score (nSPS) is 15.4. The Balaban J connectivity index is 1.58. The van der Waals surface area contributed by atoms with E-state index in [0.29, 0.717) is 44.7 Å². The molecule has 184 valence electrons. The highest BCUT2D eigenvalue weighted by Crippen LogP contribution is 2.36. The first-order valence-electron chi connectivity index (χ1n) is 12.0. The molecule has 1 aliphatic heterocycles. The molecule has 0 radical (unpaired) electrons. The molecule has 1 fully saturated rings. The van der Waals surface area contributed by atoms with Gasteiger partial charge in [-0.05, 0) is 62.9 Å². The Morgan fingerprint density at radius 2 is 1.89 bits per heavy atom. The van der Waals surface area contributed by atoms with Gasteiger partial charge in [0, 0.05) is 12.6 Å². The number of nitrogens with zero attached hydrogens (tertiary/aromatic N) is 3. The number of anilines is 1. The number of nitrogen functional groups attached to an aromatic ring is 1. The highest BCUT2D eigenvalue weighted by Gasteiger charge is 2.21. The highest BCUT2D eigenvalue weighted by atomic mass is 35.5. The van der Waals surface area contributed by atoms with Crippen LogP contribution >= 0.6 is 23.2 Å². The minimum atomic E-state index is 0.0678. The number of hydrogen-bond acceptors (Lipinski definition) is 5. The zero-order valence-corrected chi connectivity index (χ0v) is 21.5. The lowest BCUT2D eigenvalue weighted by Gasteiger charge is -2.23. The summed E-state index contributed by atoms with van der Waals surface area (Å²) in [7, 11) is 0. The van der Waals surface area contributed by atoms with Crippen LogP contribution in [0.15, 0.2) is 65.9 Å². The number of rotatable bonds is 9. The maximum atomic E-state index is 6.60. The van der Waals surface area contributed by atoms with Gasteiger partial charge in [-0.25, -0.2) is 9.98 Å². The number of piperidine rings is 1. The van der Waals surface area contributed by atoms with Crippen LogP contribution in [-0.4, -0.2) is 28.9 Å². The van der Waals surface area contributed by atoms with Crippen molar-refractivity contribution in [2.24, 2.45) is 10.9 Å². The summed E-state index contributed by atoms with van der Waals surface area (Å²) in [6.45, 7) is 8.96. The second-order valence-corrected chi connectivity index (χ2v) is 9.73. The minimum Gasteiger partial charge on any atom is -0.383 e. The van der Waals surface area contributed by atoms with E-state index in [4.69, 9.17) is 33.9 Å². The van der Waals surface area contributed by atoms with Gasteiger partial charge in [-0.1, -0.05) is 66.2 Å². The first kappa shape index (κ1) is 25.3. The summed E-state index contributed by atoms with van der Waals surface area (Å²) < 4.78 is 2.01. The van der Waals surface area contributed by atoms with Crippen molar-refractivity contribution >= 4 is 35.2 Å². The first-order chi connectivity index (χ1) is 16.9. The van der Waals surface area contributed by atoms with Crippen LogP contribution in [0.25, 0.3) is 11.4 Å². The summed E-state index contributed by atoms with van der Waals surface area (Å²) in [6.07, 6.45) is 4.99. The first-order valence-corrected chi connectivity index (χ1v) is 12.7. The van der Waals surface area contributed by atoms with Gasteiger partial charge in [0.15, 0.2) is 0 Å². The molecule has 3 aromatic rings. The summed E-state index contributed by atoms with van der Waals surface area (Å²) in [5, 5.41) is 7.81. The molecule has 1 unspecified atom stereocenters. The summed E-state index contributed by atoms with van der Waals surface area (Å²) >= 11 is 13.1. The number of aliphatic imine (C=N–C) groups is 1. The van der Waals surface area contributed by atoms with E-state index in [1.54, 1.807) is 6.21 Å². The van der Waals surface area contributed by atoms with Crippen molar-refractivity contribution in [2.75, 3.05) is 18.8 Å². The molecule has 6 nitrogen and oxygen atoms in total. The van der Waals surface area contributed by atoms with Gasteiger partial charge < -0.3 is 20.9 Å². The van der Waals surface area contributed by atoms with Gasteiger partial charge in [-0.2, -0.15) is 0 Å². The molecule has 0 saturated carbocycles. The smallest absolute Gasteiger partial charge is 0.145 e. The average molecular weight is 512 g/mol. The fourth-order valence-electron chi connectivity index (χ4n) is 4.44. The zero-order chi connectivity index (χ0) is 24.8. The van der Waals surface area contributed by atoms with Crippen LogP contribution in [0.2, 0.25) is 10.0 Å². The van der Waals surface area contributed by atoms with E-state index < -0.39 is 0 Å². The van der Waals surface area contributed by atoms with Crippen molar-refractivity contribution < 1.29 is 0 Å². The summed E-state index contributed by atoms with van der Waals surface area (Å²) in [4.78, 5) is 9.32. The Morgan fingerprint density at radius 1 is 1.20 bits per heavy atom. The van der Waals surface area contributed by atoms with Crippen LogP contribution in [0.4, 0.5) is 5.82 Å². The third-order valence-electron chi connectivity index (χ3n) is 6.47. The lowest BCUT2D eigenvalue weighted by Crippen LogP contribution is -2.28. The Morgan fingerprint density at radius 3 is 2.57 bits per heavy atom. The Kier molecular flexibility index (Phi) is 8.50. The van der Waals surface area contributed by atoms with E-state index in [0.717, 1.165) is 44.5 Å². The van der Waals surface area contributed by atoms with Gasteiger partial charge in [0.05, 0.1) is 21.8 Å². The number of halogens is 2. The average Bonchev–Trinajstić information content (AvgIpc) is 3.17. The molecular weight excluding hydrogens is 479 g/mol. The van der Waals surface area contributed by atoms with Crippen molar-refractivity contribution in [1.29, 1.82) is 0 Å². The molecule has 4 N–H and O–H groups in total. The number of hydrogen-bond donors (Lipinski definition) is 3. The quantitative estimate of drug-likeness (QED) is 0.305. The van der Waals surface area contributed by atoms with Crippen molar-refractivity contribution in [2.45, 2.75) is 38.8 Å². The third kappa shape index (κ3) is 6.26. The van der Waals surface area contributed by atoms with E-state index in [9.17, 15) is 0 Å². The largest absolute Gasteiger partial charge is 0.383 e. The van der Waals surface area contributed by atoms with E-state index in [-0.39, 0.29) is 6.04 Å². The highest BCUT2D eigenvalue weighted by molar-refractivity contribution is 6.39.